The van der Waals surface area contributed by atoms with Gasteiger partial charge in [0.25, 0.3) is 0 Å². The SMILES string of the molecule is COc1cc(C=Nc2ccc([C@@H]3Nc4ccc(C)cc4[C@H]4C=CC[C@@H]43)cc2)ccc1OCc1ccc(Br)cc1. The number of allylic oxidation sites excluding steroid dienone is 2. The van der Waals surface area contributed by atoms with Crippen molar-refractivity contribution in [2.24, 2.45) is 10.9 Å². The number of ether oxygens (including phenoxy) is 2. The van der Waals surface area contributed by atoms with Crippen LogP contribution in [-0.2, 0) is 6.61 Å². The van der Waals surface area contributed by atoms with Crippen molar-refractivity contribution in [3.8, 4) is 11.5 Å². The van der Waals surface area contributed by atoms with Gasteiger partial charge in [-0.2, -0.15) is 0 Å². The molecule has 4 nitrogen and oxygen atoms in total. The molecule has 2 aliphatic rings. The Bertz CT molecular complexity index is 1530. The van der Waals surface area contributed by atoms with Gasteiger partial charge in [-0.05, 0) is 90.0 Å². The zero-order valence-electron chi connectivity index (χ0n) is 22.1. The number of aliphatic imine (C=N–C) groups is 1. The molecule has 0 bridgehead atoms. The molecule has 1 heterocycles. The molecule has 0 spiro atoms. The van der Waals surface area contributed by atoms with E-state index in [1.165, 1.54) is 22.4 Å². The van der Waals surface area contributed by atoms with Crippen molar-refractivity contribution in [1.29, 1.82) is 0 Å². The van der Waals surface area contributed by atoms with Crippen LogP contribution in [0.1, 0.15) is 46.2 Å². The van der Waals surface area contributed by atoms with E-state index in [1.54, 1.807) is 7.11 Å². The third kappa shape index (κ3) is 5.50. The summed E-state index contributed by atoms with van der Waals surface area (Å²) >= 11 is 3.46. The third-order valence-electron chi connectivity index (χ3n) is 7.63. The molecule has 0 fully saturated rings. The lowest BCUT2D eigenvalue weighted by molar-refractivity contribution is 0.284. The molecule has 0 saturated heterocycles. The number of nitrogens with one attached hydrogen (secondary N) is 1. The van der Waals surface area contributed by atoms with Gasteiger partial charge in [-0.1, -0.05) is 70.0 Å². The maximum Gasteiger partial charge on any atom is 0.161 e. The molecule has 0 unspecified atom stereocenters. The summed E-state index contributed by atoms with van der Waals surface area (Å²) in [6, 6.07) is 29.6. The molecular formula is C34H31BrN2O2. The lowest BCUT2D eigenvalue weighted by atomic mass is 9.76. The van der Waals surface area contributed by atoms with Crippen LogP contribution in [0.15, 0.2) is 107 Å². The summed E-state index contributed by atoms with van der Waals surface area (Å²) in [5, 5.41) is 3.82. The summed E-state index contributed by atoms with van der Waals surface area (Å²) in [6.07, 6.45) is 7.69. The number of aryl methyl sites for hydroxylation is 1. The van der Waals surface area contributed by atoms with Crippen LogP contribution in [0.4, 0.5) is 11.4 Å². The molecule has 3 atom stereocenters. The largest absolute Gasteiger partial charge is 0.493 e. The minimum absolute atomic E-state index is 0.285. The fourth-order valence-corrected chi connectivity index (χ4v) is 5.85. The van der Waals surface area contributed by atoms with Crippen LogP contribution < -0.4 is 14.8 Å². The Balaban J connectivity index is 1.14. The molecule has 0 radical (unpaired) electrons. The number of methoxy groups -OCH3 is 1. The molecule has 6 rings (SSSR count). The normalized spacial score (nSPS) is 19.4. The molecule has 1 aliphatic heterocycles. The van der Waals surface area contributed by atoms with Gasteiger partial charge in [0.05, 0.1) is 18.8 Å². The number of benzene rings is 4. The second-order valence-electron chi connectivity index (χ2n) is 10.2. The van der Waals surface area contributed by atoms with Crippen molar-refractivity contribution in [2.75, 3.05) is 12.4 Å². The van der Waals surface area contributed by atoms with E-state index in [1.807, 2.05) is 48.7 Å². The lowest BCUT2D eigenvalue weighted by Crippen LogP contribution is -2.29. The predicted octanol–water partition coefficient (Wildman–Crippen LogP) is 8.92. The molecule has 4 aromatic carbocycles. The van der Waals surface area contributed by atoms with Gasteiger partial charge in [0.1, 0.15) is 6.61 Å². The first-order valence-corrected chi connectivity index (χ1v) is 14.1. The minimum atomic E-state index is 0.285. The fourth-order valence-electron chi connectivity index (χ4n) is 5.59. The average Bonchev–Trinajstić information content (AvgIpc) is 3.46. The van der Waals surface area contributed by atoms with Gasteiger partial charge in [-0.25, -0.2) is 0 Å². The summed E-state index contributed by atoms with van der Waals surface area (Å²) in [4.78, 5) is 4.72. The lowest BCUT2D eigenvalue weighted by Gasteiger charge is -2.37. The molecule has 196 valence electrons. The minimum Gasteiger partial charge on any atom is -0.493 e. The fraction of sp³-hybridized carbons (Fsp3) is 0.206. The van der Waals surface area contributed by atoms with Crippen LogP contribution in [0.2, 0.25) is 0 Å². The van der Waals surface area contributed by atoms with Crippen LogP contribution in [-0.4, -0.2) is 13.3 Å². The van der Waals surface area contributed by atoms with E-state index >= 15 is 0 Å². The van der Waals surface area contributed by atoms with Crippen molar-refractivity contribution in [3.05, 3.63) is 129 Å². The van der Waals surface area contributed by atoms with Gasteiger partial charge >= 0.3 is 0 Å². The van der Waals surface area contributed by atoms with Crippen molar-refractivity contribution in [3.63, 3.8) is 0 Å². The topological polar surface area (TPSA) is 42.8 Å². The van der Waals surface area contributed by atoms with E-state index in [0.717, 1.165) is 27.7 Å². The van der Waals surface area contributed by atoms with Crippen molar-refractivity contribution in [1.82, 2.24) is 0 Å². The number of hydrogen-bond donors (Lipinski definition) is 1. The first-order chi connectivity index (χ1) is 19.1. The third-order valence-corrected chi connectivity index (χ3v) is 8.16. The zero-order chi connectivity index (χ0) is 26.8. The molecule has 5 heteroatoms. The van der Waals surface area contributed by atoms with Crippen LogP contribution in [0, 0.1) is 12.8 Å². The van der Waals surface area contributed by atoms with Crippen LogP contribution in [0.25, 0.3) is 0 Å². The number of anilines is 1. The van der Waals surface area contributed by atoms with Crippen LogP contribution in [0.5, 0.6) is 11.5 Å². The Morgan fingerprint density at radius 2 is 1.77 bits per heavy atom. The van der Waals surface area contributed by atoms with Crippen molar-refractivity contribution >= 4 is 33.5 Å². The van der Waals surface area contributed by atoms with Gasteiger partial charge in [0.2, 0.25) is 0 Å². The molecule has 39 heavy (non-hydrogen) atoms. The number of fused-ring (bicyclic) bond motifs is 3. The quantitative estimate of drug-likeness (QED) is 0.176. The molecule has 0 saturated carbocycles. The Kier molecular flexibility index (Phi) is 7.25. The summed E-state index contributed by atoms with van der Waals surface area (Å²) in [7, 11) is 1.66. The van der Waals surface area contributed by atoms with E-state index in [0.29, 0.717) is 29.9 Å². The standard InChI is InChI=1S/C34H31BrN2O2/c1-22-6-16-31-30(18-22)28-4-3-5-29(28)34(37-31)25-10-14-27(15-11-25)36-20-24-9-17-32(33(19-24)38-2)39-21-23-7-12-26(35)13-8-23/h3-4,6-20,28-29,34,37H,5,21H2,1-2H3/t28-,29-,34-/m0/s1. The summed E-state index contributed by atoms with van der Waals surface area (Å²) in [5.41, 5.74) is 8.25. The Labute approximate surface area is 238 Å². The summed E-state index contributed by atoms with van der Waals surface area (Å²) < 4.78 is 12.6. The maximum absolute atomic E-state index is 6.00. The second-order valence-corrected chi connectivity index (χ2v) is 11.2. The highest BCUT2D eigenvalue weighted by Crippen LogP contribution is 2.50. The molecule has 4 aromatic rings. The van der Waals surface area contributed by atoms with E-state index < -0.39 is 0 Å². The van der Waals surface area contributed by atoms with Gasteiger partial charge < -0.3 is 14.8 Å². The highest BCUT2D eigenvalue weighted by molar-refractivity contribution is 9.10. The predicted molar refractivity (Wildman–Crippen MR) is 163 cm³/mol. The van der Waals surface area contributed by atoms with E-state index in [-0.39, 0.29) is 6.04 Å². The first kappa shape index (κ1) is 25.4. The highest BCUT2D eigenvalue weighted by Gasteiger charge is 2.37. The number of rotatable bonds is 7. The molecular weight excluding hydrogens is 548 g/mol. The smallest absolute Gasteiger partial charge is 0.161 e. The van der Waals surface area contributed by atoms with Gasteiger partial charge in [-0.3, -0.25) is 4.99 Å². The monoisotopic (exact) mass is 578 g/mol. The Morgan fingerprint density at radius 3 is 2.56 bits per heavy atom. The van der Waals surface area contributed by atoms with E-state index in [9.17, 15) is 0 Å². The van der Waals surface area contributed by atoms with Crippen molar-refractivity contribution < 1.29 is 9.47 Å². The second kappa shape index (κ2) is 11.1. The summed E-state index contributed by atoms with van der Waals surface area (Å²) in [5.74, 6) is 2.40. The Morgan fingerprint density at radius 1 is 0.949 bits per heavy atom. The van der Waals surface area contributed by atoms with Gasteiger partial charge in [0, 0.05) is 22.3 Å². The zero-order valence-corrected chi connectivity index (χ0v) is 23.7. The van der Waals surface area contributed by atoms with Crippen LogP contribution in [0.3, 0.4) is 0 Å². The number of nitrogens with zero attached hydrogens (tertiary/aromatic N) is 1. The molecule has 1 aliphatic carbocycles. The van der Waals surface area contributed by atoms with Crippen molar-refractivity contribution in [2.45, 2.75) is 31.9 Å². The number of halogens is 1. The molecule has 0 amide bonds. The average molecular weight is 580 g/mol. The molecule has 0 aromatic heterocycles. The Hall–Kier alpha value is -3.83. The first-order valence-electron chi connectivity index (χ1n) is 13.3. The maximum atomic E-state index is 6.00. The van der Waals surface area contributed by atoms with E-state index in [4.69, 9.17) is 14.5 Å². The number of hydrogen-bond acceptors (Lipinski definition) is 4. The van der Waals surface area contributed by atoms with Crippen LogP contribution >= 0.6 is 15.9 Å². The van der Waals surface area contributed by atoms with Gasteiger partial charge in [-0.15, -0.1) is 0 Å². The summed E-state index contributed by atoms with van der Waals surface area (Å²) in [6.45, 7) is 2.64. The molecule has 1 N–H and O–H groups in total. The highest BCUT2D eigenvalue weighted by atomic mass is 79.9. The van der Waals surface area contributed by atoms with Gasteiger partial charge in [0.15, 0.2) is 11.5 Å². The van der Waals surface area contributed by atoms with E-state index in [2.05, 4.69) is 82.8 Å².